The number of nitrogens with one attached hydrogen (secondary N) is 2. The molecule has 4 nitrogen and oxygen atoms in total. The molecule has 2 aromatic rings. The predicted molar refractivity (Wildman–Crippen MR) is 89.7 cm³/mol. The van der Waals surface area contributed by atoms with Gasteiger partial charge >= 0.3 is 0 Å². The second-order valence-corrected chi connectivity index (χ2v) is 5.96. The van der Waals surface area contributed by atoms with E-state index in [1.54, 1.807) is 0 Å². The van der Waals surface area contributed by atoms with E-state index in [0.717, 1.165) is 24.8 Å². The van der Waals surface area contributed by atoms with Gasteiger partial charge in [-0.2, -0.15) is 0 Å². The second-order valence-electron chi connectivity index (χ2n) is 5.96. The molecule has 4 heteroatoms. The van der Waals surface area contributed by atoms with Crippen molar-refractivity contribution in [1.29, 1.82) is 0 Å². The summed E-state index contributed by atoms with van der Waals surface area (Å²) in [4.78, 5) is 15.3. The molecule has 0 saturated heterocycles. The maximum atomic E-state index is 12.0. The topological polar surface area (TPSA) is 65.1 Å². The summed E-state index contributed by atoms with van der Waals surface area (Å²) in [6.45, 7) is 4.12. The molecule has 120 valence electrons. The van der Waals surface area contributed by atoms with Crippen LogP contribution in [0.5, 0.6) is 0 Å². The number of aryl methyl sites for hydroxylation is 1. The number of amides is 1. The van der Waals surface area contributed by atoms with Crippen molar-refractivity contribution in [3.63, 3.8) is 0 Å². The molecular weight excluding hydrogens is 276 g/mol. The number of carbonyl (C=O) groups is 1. The van der Waals surface area contributed by atoms with Crippen LogP contribution in [0.1, 0.15) is 38.7 Å². The largest absolute Gasteiger partial charge is 0.394 e. The first-order chi connectivity index (χ1) is 10.7. The average molecular weight is 302 g/mol. The maximum Gasteiger partial charge on any atom is 0.220 e. The zero-order chi connectivity index (χ0) is 15.9. The smallest absolute Gasteiger partial charge is 0.220 e. The van der Waals surface area contributed by atoms with E-state index in [1.165, 1.54) is 10.9 Å². The Labute approximate surface area is 131 Å². The lowest BCUT2D eigenvalue weighted by atomic mass is 9.99. The SMILES string of the molecule is CCC(C)C(CO)NC(=O)CCCc1c[nH]c2ccccc12. The first-order valence-electron chi connectivity index (χ1n) is 8.11. The quantitative estimate of drug-likeness (QED) is 0.702. The first kappa shape index (κ1) is 16.6. The lowest BCUT2D eigenvalue weighted by Gasteiger charge is -2.22. The fourth-order valence-electron chi connectivity index (χ4n) is 2.71. The van der Waals surface area contributed by atoms with Crippen molar-refractivity contribution in [2.45, 2.75) is 45.6 Å². The fourth-order valence-corrected chi connectivity index (χ4v) is 2.71. The van der Waals surface area contributed by atoms with E-state index in [4.69, 9.17) is 0 Å². The molecule has 0 bridgehead atoms. The van der Waals surface area contributed by atoms with Gasteiger partial charge in [0.15, 0.2) is 0 Å². The van der Waals surface area contributed by atoms with Crippen LogP contribution in [-0.2, 0) is 11.2 Å². The van der Waals surface area contributed by atoms with Crippen molar-refractivity contribution < 1.29 is 9.90 Å². The molecule has 1 heterocycles. The van der Waals surface area contributed by atoms with Crippen LogP contribution in [0.15, 0.2) is 30.5 Å². The van der Waals surface area contributed by atoms with E-state index in [1.807, 2.05) is 25.3 Å². The van der Waals surface area contributed by atoms with E-state index in [9.17, 15) is 9.90 Å². The summed E-state index contributed by atoms with van der Waals surface area (Å²) in [6, 6.07) is 8.07. The van der Waals surface area contributed by atoms with Crippen LogP contribution in [0.3, 0.4) is 0 Å². The third-order valence-corrected chi connectivity index (χ3v) is 4.40. The van der Waals surface area contributed by atoms with E-state index in [2.05, 4.69) is 29.4 Å². The molecular formula is C18H26N2O2. The van der Waals surface area contributed by atoms with Crippen LogP contribution in [0.4, 0.5) is 0 Å². The van der Waals surface area contributed by atoms with Gasteiger partial charge in [-0.1, -0.05) is 38.5 Å². The minimum absolute atomic E-state index is 0.00317. The molecule has 0 saturated carbocycles. The van der Waals surface area contributed by atoms with Crippen molar-refractivity contribution in [3.05, 3.63) is 36.0 Å². The Hall–Kier alpha value is -1.81. The molecule has 2 unspecified atom stereocenters. The maximum absolute atomic E-state index is 12.0. The third-order valence-electron chi connectivity index (χ3n) is 4.40. The van der Waals surface area contributed by atoms with Crippen molar-refractivity contribution in [1.82, 2.24) is 10.3 Å². The molecule has 0 fully saturated rings. The van der Waals surface area contributed by atoms with Crippen molar-refractivity contribution in [2.75, 3.05) is 6.61 Å². The molecule has 3 N–H and O–H groups in total. The molecule has 2 rings (SSSR count). The molecule has 22 heavy (non-hydrogen) atoms. The van der Waals surface area contributed by atoms with E-state index in [0.29, 0.717) is 12.3 Å². The molecule has 0 radical (unpaired) electrons. The summed E-state index contributed by atoms with van der Waals surface area (Å²) in [7, 11) is 0. The number of carbonyl (C=O) groups excluding carboxylic acids is 1. The molecule has 0 spiro atoms. The van der Waals surface area contributed by atoms with Crippen LogP contribution in [0, 0.1) is 5.92 Å². The van der Waals surface area contributed by atoms with Gasteiger partial charge in [-0.25, -0.2) is 0 Å². The molecule has 1 amide bonds. The number of hydrogen-bond donors (Lipinski definition) is 3. The lowest BCUT2D eigenvalue weighted by molar-refractivity contribution is -0.122. The zero-order valence-electron chi connectivity index (χ0n) is 13.4. The van der Waals surface area contributed by atoms with Gasteiger partial charge in [0.2, 0.25) is 5.91 Å². The van der Waals surface area contributed by atoms with Crippen molar-refractivity contribution >= 4 is 16.8 Å². The number of aromatic amines is 1. The zero-order valence-corrected chi connectivity index (χ0v) is 13.4. The summed E-state index contributed by atoms with van der Waals surface area (Å²) in [5.41, 5.74) is 2.39. The van der Waals surface area contributed by atoms with Gasteiger partial charge in [-0.15, -0.1) is 0 Å². The summed E-state index contributed by atoms with van der Waals surface area (Å²) < 4.78 is 0. The van der Waals surface area contributed by atoms with Crippen LogP contribution in [0.2, 0.25) is 0 Å². The van der Waals surface area contributed by atoms with Crippen molar-refractivity contribution in [2.24, 2.45) is 5.92 Å². The summed E-state index contributed by atoms with van der Waals surface area (Å²) in [5.74, 6) is 0.321. The third kappa shape index (κ3) is 4.10. The van der Waals surface area contributed by atoms with Crippen LogP contribution >= 0.6 is 0 Å². The van der Waals surface area contributed by atoms with Gasteiger partial charge in [-0.3, -0.25) is 4.79 Å². The van der Waals surface area contributed by atoms with Gasteiger partial charge in [0.05, 0.1) is 12.6 Å². The van der Waals surface area contributed by atoms with E-state index >= 15 is 0 Å². The minimum Gasteiger partial charge on any atom is -0.394 e. The van der Waals surface area contributed by atoms with E-state index in [-0.39, 0.29) is 18.6 Å². The number of rotatable bonds is 8. The molecule has 1 aromatic carbocycles. The van der Waals surface area contributed by atoms with Gasteiger partial charge in [0.1, 0.15) is 0 Å². The Balaban J connectivity index is 1.82. The highest BCUT2D eigenvalue weighted by atomic mass is 16.3. The van der Waals surface area contributed by atoms with Crippen LogP contribution in [0.25, 0.3) is 10.9 Å². The Morgan fingerprint density at radius 2 is 2.14 bits per heavy atom. The minimum atomic E-state index is -0.134. The number of hydrogen-bond acceptors (Lipinski definition) is 2. The molecule has 1 aromatic heterocycles. The summed E-state index contributed by atoms with van der Waals surface area (Å²) >= 11 is 0. The number of benzene rings is 1. The van der Waals surface area contributed by atoms with Gasteiger partial charge in [-0.05, 0) is 30.4 Å². The molecule has 0 aliphatic carbocycles. The summed E-state index contributed by atoms with van der Waals surface area (Å²) in [6.07, 6.45) is 5.16. The number of aromatic nitrogens is 1. The first-order valence-corrected chi connectivity index (χ1v) is 8.11. The molecule has 2 atom stereocenters. The number of para-hydroxylation sites is 1. The van der Waals surface area contributed by atoms with Gasteiger partial charge in [0.25, 0.3) is 0 Å². The number of H-pyrrole nitrogens is 1. The van der Waals surface area contributed by atoms with Crippen LogP contribution < -0.4 is 5.32 Å². The monoisotopic (exact) mass is 302 g/mol. The van der Waals surface area contributed by atoms with Crippen molar-refractivity contribution in [3.8, 4) is 0 Å². The highest BCUT2D eigenvalue weighted by Crippen LogP contribution is 2.19. The number of aliphatic hydroxyl groups is 1. The normalized spacial score (nSPS) is 14.0. The van der Waals surface area contributed by atoms with Crippen LogP contribution in [-0.4, -0.2) is 28.6 Å². The lowest BCUT2D eigenvalue weighted by Crippen LogP contribution is -2.41. The fraction of sp³-hybridized carbons (Fsp3) is 0.500. The molecule has 0 aliphatic heterocycles. The second kappa shape index (κ2) is 7.99. The standard InChI is InChI=1S/C18H26N2O2/c1-3-13(2)17(12-21)20-18(22)10-6-7-14-11-19-16-9-5-4-8-15(14)16/h4-5,8-9,11,13,17,19,21H,3,6-7,10,12H2,1-2H3,(H,20,22). The van der Waals surface area contributed by atoms with Gasteiger partial charge < -0.3 is 15.4 Å². The molecule has 0 aliphatic rings. The Kier molecular flexibility index (Phi) is 6.01. The Morgan fingerprint density at radius 1 is 1.36 bits per heavy atom. The highest BCUT2D eigenvalue weighted by Gasteiger charge is 2.17. The predicted octanol–water partition coefficient (Wildman–Crippen LogP) is 3.01. The number of fused-ring (bicyclic) bond motifs is 1. The van der Waals surface area contributed by atoms with Gasteiger partial charge in [0, 0.05) is 23.5 Å². The average Bonchev–Trinajstić information content (AvgIpc) is 2.95. The van der Waals surface area contributed by atoms with E-state index < -0.39 is 0 Å². The Bertz CT molecular complexity index is 606. The highest BCUT2D eigenvalue weighted by molar-refractivity contribution is 5.83. The number of aliphatic hydroxyl groups excluding tert-OH is 1. The Morgan fingerprint density at radius 3 is 2.86 bits per heavy atom. The summed E-state index contributed by atoms with van der Waals surface area (Å²) in [5, 5.41) is 13.5.